The first-order chi connectivity index (χ1) is 5.52. The molecule has 0 aromatic carbocycles. The molecule has 0 spiro atoms. The van der Waals surface area contributed by atoms with E-state index in [0.717, 1.165) is 5.92 Å². The van der Waals surface area contributed by atoms with Crippen LogP contribution in [0, 0.1) is 22.7 Å². The third kappa shape index (κ3) is 0.736. The smallest absolute Gasteiger partial charge is 0.0464 e. The van der Waals surface area contributed by atoms with Gasteiger partial charge in [-0.2, -0.15) is 0 Å². The third-order valence-electron chi connectivity index (χ3n) is 5.20. The first-order valence-corrected chi connectivity index (χ1v) is 5.13. The lowest BCUT2D eigenvalue weighted by atomic mass is 9.67. The van der Waals surface area contributed by atoms with E-state index in [1.54, 1.807) is 0 Å². The molecule has 0 radical (unpaired) electrons. The van der Waals surface area contributed by atoms with Crippen LogP contribution in [0.1, 0.15) is 40.0 Å². The van der Waals surface area contributed by atoms with E-state index in [9.17, 15) is 5.11 Å². The molecule has 2 saturated carbocycles. The van der Waals surface area contributed by atoms with E-state index in [0.29, 0.717) is 23.4 Å². The van der Waals surface area contributed by atoms with Gasteiger partial charge in [-0.1, -0.05) is 20.8 Å². The molecule has 2 rings (SSSR count). The van der Waals surface area contributed by atoms with Crippen molar-refractivity contribution >= 4 is 0 Å². The third-order valence-corrected chi connectivity index (χ3v) is 5.20. The normalized spacial score (nSPS) is 50.0. The molecule has 3 atom stereocenters. The van der Waals surface area contributed by atoms with Gasteiger partial charge < -0.3 is 5.11 Å². The fourth-order valence-electron chi connectivity index (χ4n) is 3.65. The van der Waals surface area contributed by atoms with E-state index in [4.69, 9.17) is 0 Å². The molecule has 1 nitrogen and oxygen atoms in total. The molecule has 2 aliphatic rings. The maximum Gasteiger partial charge on any atom is 0.0464 e. The highest BCUT2D eigenvalue weighted by molar-refractivity contribution is 5.09. The van der Waals surface area contributed by atoms with Crippen molar-refractivity contribution in [2.75, 3.05) is 6.61 Å². The fraction of sp³-hybridized carbons (Fsp3) is 1.00. The van der Waals surface area contributed by atoms with Gasteiger partial charge in [0, 0.05) is 6.61 Å². The van der Waals surface area contributed by atoms with Gasteiger partial charge in [-0.05, 0) is 41.9 Å². The summed E-state index contributed by atoms with van der Waals surface area (Å²) in [5, 5.41) is 9.29. The summed E-state index contributed by atoms with van der Waals surface area (Å²) in [6, 6.07) is 0. The van der Waals surface area contributed by atoms with Crippen molar-refractivity contribution in [3.05, 3.63) is 0 Å². The van der Waals surface area contributed by atoms with Crippen LogP contribution in [-0.4, -0.2) is 11.7 Å². The predicted molar refractivity (Wildman–Crippen MR) is 49.8 cm³/mol. The van der Waals surface area contributed by atoms with Gasteiger partial charge in [0.15, 0.2) is 0 Å². The molecule has 0 amide bonds. The van der Waals surface area contributed by atoms with Crippen molar-refractivity contribution in [3.63, 3.8) is 0 Å². The Hall–Kier alpha value is -0.0400. The molecular formula is C11H20O. The van der Waals surface area contributed by atoms with Gasteiger partial charge in [-0.25, -0.2) is 0 Å². The molecule has 0 aromatic rings. The van der Waals surface area contributed by atoms with Gasteiger partial charge in [-0.3, -0.25) is 0 Å². The van der Waals surface area contributed by atoms with Crippen LogP contribution in [0.15, 0.2) is 0 Å². The van der Waals surface area contributed by atoms with Gasteiger partial charge in [0.1, 0.15) is 0 Å². The Morgan fingerprint density at radius 3 is 2.25 bits per heavy atom. The molecule has 1 N–H and O–H groups in total. The minimum atomic E-state index is 0.399. The highest BCUT2D eigenvalue weighted by atomic mass is 16.3. The fourth-order valence-corrected chi connectivity index (χ4v) is 3.65. The average molecular weight is 168 g/mol. The summed E-state index contributed by atoms with van der Waals surface area (Å²) in [7, 11) is 0. The number of aliphatic hydroxyl groups is 1. The zero-order chi connectivity index (χ0) is 8.98. The van der Waals surface area contributed by atoms with Crippen molar-refractivity contribution in [2.45, 2.75) is 40.0 Å². The Balaban J connectivity index is 2.33. The summed E-state index contributed by atoms with van der Waals surface area (Å²) in [5.41, 5.74) is 0.896. The molecule has 1 heteroatoms. The van der Waals surface area contributed by atoms with Crippen LogP contribution in [0.2, 0.25) is 0 Å². The molecule has 2 bridgehead atoms. The van der Waals surface area contributed by atoms with E-state index >= 15 is 0 Å². The van der Waals surface area contributed by atoms with Gasteiger partial charge >= 0.3 is 0 Å². The van der Waals surface area contributed by atoms with Crippen molar-refractivity contribution in [2.24, 2.45) is 22.7 Å². The van der Waals surface area contributed by atoms with Crippen LogP contribution >= 0.6 is 0 Å². The topological polar surface area (TPSA) is 20.2 Å². The van der Waals surface area contributed by atoms with E-state index in [1.165, 1.54) is 19.3 Å². The minimum absolute atomic E-state index is 0.399. The molecule has 70 valence electrons. The van der Waals surface area contributed by atoms with Gasteiger partial charge in [0.05, 0.1) is 0 Å². The Bertz CT molecular complexity index is 197. The number of rotatable bonds is 1. The summed E-state index contributed by atoms with van der Waals surface area (Å²) in [6.45, 7) is 7.55. The molecule has 12 heavy (non-hydrogen) atoms. The van der Waals surface area contributed by atoms with Gasteiger partial charge in [-0.15, -0.1) is 0 Å². The highest BCUT2D eigenvalue weighted by Gasteiger charge is 2.60. The zero-order valence-electron chi connectivity index (χ0n) is 8.43. The molecule has 2 fully saturated rings. The molecule has 0 heterocycles. The zero-order valence-corrected chi connectivity index (χ0v) is 8.43. The lowest BCUT2D eigenvalue weighted by Gasteiger charge is -2.38. The van der Waals surface area contributed by atoms with Crippen LogP contribution in [0.3, 0.4) is 0 Å². The van der Waals surface area contributed by atoms with Crippen molar-refractivity contribution in [1.82, 2.24) is 0 Å². The Labute approximate surface area is 75.2 Å². The second-order valence-electron chi connectivity index (χ2n) is 5.49. The van der Waals surface area contributed by atoms with Crippen LogP contribution in [0.4, 0.5) is 0 Å². The Morgan fingerprint density at radius 2 is 2.00 bits per heavy atom. The molecule has 0 unspecified atom stereocenters. The summed E-state index contributed by atoms with van der Waals surface area (Å²) in [5.74, 6) is 1.45. The van der Waals surface area contributed by atoms with Crippen LogP contribution in [-0.2, 0) is 0 Å². The molecule has 2 aliphatic carbocycles. The largest absolute Gasteiger partial charge is 0.396 e. The van der Waals surface area contributed by atoms with Gasteiger partial charge in [0.2, 0.25) is 0 Å². The number of aliphatic hydroxyl groups excluding tert-OH is 1. The minimum Gasteiger partial charge on any atom is -0.396 e. The molecule has 0 aromatic heterocycles. The van der Waals surface area contributed by atoms with Crippen molar-refractivity contribution in [1.29, 1.82) is 0 Å². The second-order valence-corrected chi connectivity index (χ2v) is 5.49. The Kier molecular flexibility index (Phi) is 1.61. The maximum atomic E-state index is 9.29. The van der Waals surface area contributed by atoms with Crippen LogP contribution in [0.5, 0.6) is 0 Å². The van der Waals surface area contributed by atoms with Crippen LogP contribution in [0.25, 0.3) is 0 Å². The van der Waals surface area contributed by atoms with Crippen molar-refractivity contribution in [3.8, 4) is 0 Å². The second kappa shape index (κ2) is 2.25. The number of hydrogen-bond acceptors (Lipinski definition) is 1. The monoisotopic (exact) mass is 168 g/mol. The molecule has 0 aliphatic heterocycles. The maximum absolute atomic E-state index is 9.29. The first-order valence-electron chi connectivity index (χ1n) is 5.13. The number of fused-ring (bicyclic) bond motifs is 2. The summed E-state index contributed by atoms with van der Waals surface area (Å²) >= 11 is 0. The van der Waals surface area contributed by atoms with E-state index in [2.05, 4.69) is 20.8 Å². The standard InChI is InChI=1S/C11H20O/c1-10(2)8-4-5-11(10,3)9(6-8)7-12/h8-9,12H,4-7H2,1-3H3/t8-,9-,11+/m0/s1. The molecule has 0 saturated heterocycles. The summed E-state index contributed by atoms with van der Waals surface area (Å²) in [4.78, 5) is 0. The lowest BCUT2D eigenvalue weighted by molar-refractivity contribution is 0.0625. The SMILES string of the molecule is CC1(C)[C@H]2CC[C@]1(C)[C@H](CO)C2. The summed E-state index contributed by atoms with van der Waals surface area (Å²) in [6.07, 6.45) is 3.98. The summed E-state index contributed by atoms with van der Waals surface area (Å²) < 4.78 is 0. The lowest BCUT2D eigenvalue weighted by Crippen LogP contribution is -2.33. The first kappa shape index (κ1) is 8.55. The average Bonchev–Trinajstić information content (AvgIpc) is 2.34. The van der Waals surface area contributed by atoms with Crippen LogP contribution < -0.4 is 0 Å². The van der Waals surface area contributed by atoms with E-state index in [-0.39, 0.29) is 0 Å². The van der Waals surface area contributed by atoms with E-state index < -0.39 is 0 Å². The van der Waals surface area contributed by atoms with Crippen molar-refractivity contribution < 1.29 is 5.11 Å². The quantitative estimate of drug-likeness (QED) is 0.637. The Morgan fingerprint density at radius 1 is 1.33 bits per heavy atom. The highest BCUT2D eigenvalue weighted by Crippen LogP contribution is 2.67. The van der Waals surface area contributed by atoms with Gasteiger partial charge in [0.25, 0.3) is 0 Å². The predicted octanol–water partition coefficient (Wildman–Crippen LogP) is 2.44. The van der Waals surface area contributed by atoms with E-state index in [1.807, 2.05) is 0 Å². The number of hydrogen-bond donors (Lipinski definition) is 1. The molecular weight excluding hydrogens is 148 g/mol.